The van der Waals surface area contributed by atoms with E-state index in [1.54, 1.807) is 0 Å². The molecule has 0 aromatic heterocycles. The normalized spacial score (nSPS) is 21.2. The zero-order valence-electron chi connectivity index (χ0n) is 11.3. The number of carbonyl (C=O) groups excluding carboxylic acids is 1. The zero-order valence-corrected chi connectivity index (χ0v) is 12.9. The van der Waals surface area contributed by atoms with E-state index >= 15 is 0 Å². The Kier molecular flexibility index (Phi) is 4.47. The van der Waals surface area contributed by atoms with Gasteiger partial charge in [0.15, 0.2) is 0 Å². The molecule has 0 aliphatic carbocycles. The number of nitrogens with one attached hydrogen (secondary N) is 1. The van der Waals surface area contributed by atoms with Gasteiger partial charge in [0.25, 0.3) is 0 Å². The van der Waals surface area contributed by atoms with Gasteiger partial charge in [0, 0.05) is 23.6 Å². The number of carbonyl (C=O) groups is 1. The summed E-state index contributed by atoms with van der Waals surface area (Å²) in [5.41, 5.74) is 8.04. The molecular weight excluding hydrogens is 306 g/mol. The van der Waals surface area contributed by atoms with Crippen molar-refractivity contribution in [2.24, 2.45) is 5.73 Å². The van der Waals surface area contributed by atoms with Gasteiger partial charge < -0.3 is 16.0 Å². The van der Waals surface area contributed by atoms with E-state index in [2.05, 4.69) is 26.1 Å². The summed E-state index contributed by atoms with van der Waals surface area (Å²) in [6.45, 7) is 5.52. The van der Waals surface area contributed by atoms with Crippen LogP contribution in [0.1, 0.15) is 31.9 Å². The minimum atomic E-state index is -0.0915. The predicted octanol–water partition coefficient (Wildman–Crippen LogP) is 2.18. The lowest BCUT2D eigenvalue weighted by molar-refractivity contribution is -0.123. The Hall–Kier alpha value is -1.07. The fourth-order valence-electron chi connectivity index (χ4n) is 2.45. The van der Waals surface area contributed by atoms with Gasteiger partial charge in [-0.25, -0.2) is 0 Å². The number of amides is 1. The van der Waals surface area contributed by atoms with Crippen LogP contribution in [0.2, 0.25) is 0 Å². The molecule has 1 aliphatic rings. The summed E-state index contributed by atoms with van der Waals surface area (Å²) < 4.78 is 0.996. The molecule has 19 heavy (non-hydrogen) atoms. The minimum Gasteiger partial charge on any atom is -0.357 e. The quantitative estimate of drug-likeness (QED) is 0.895. The molecule has 5 heteroatoms. The summed E-state index contributed by atoms with van der Waals surface area (Å²) in [6.07, 6.45) is 0.799. The maximum Gasteiger partial charge on any atom is 0.242 e. The van der Waals surface area contributed by atoms with E-state index in [1.807, 2.05) is 32.0 Å². The fraction of sp³-hybridized carbons (Fsp3) is 0.500. The van der Waals surface area contributed by atoms with Crippen molar-refractivity contribution in [2.45, 2.75) is 32.4 Å². The smallest absolute Gasteiger partial charge is 0.242 e. The van der Waals surface area contributed by atoms with Crippen molar-refractivity contribution in [3.05, 3.63) is 28.2 Å². The number of halogens is 1. The summed E-state index contributed by atoms with van der Waals surface area (Å²) in [7, 11) is 0. The Bertz CT molecular complexity index is 476. The molecule has 104 valence electrons. The number of hydrogen-bond donors (Lipinski definition) is 2. The average molecular weight is 326 g/mol. The summed E-state index contributed by atoms with van der Waals surface area (Å²) in [5.74, 6) is 0.108. The van der Waals surface area contributed by atoms with Crippen molar-refractivity contribution in [2.75, 3.05) is 18.0 Å². The lowest BCUT2D eigenvalue weighted by Gasteiger charge is -2.37. The first kappa shape index (κ1) is 14.3. The summed E-state index contributed by atoms with van der Waals surface area (Å²) in [4.78, 5) is 14.1. The van der Waals surface area contributed by atoms with Gasteiger partial charge in [-0.15, -0.1) is 0 Å². The van der Waals surface area contributed by atoms with Crippen LogP contribution in [0.3, 0.4) is 0 Å². The van der Waals surface area contributed by atoms with Gasteiger partial charge in [-0.1, -0.05) is 13.0 Å². The maximum absolute atomic E-state index is 11.9. The fourth-order valence-corrected chi connectivity index (χ4v) is 3.07. The molecule has 3 N–H and O–H groups in total. The van der Waals surface area contributed by atoms with Crippen LogP contribution in [0.5, 0.6) is 0 Å². The molecule has 1 amide bonds. The monoisotopic (exact) mass is 325 g/mol. The molecule has 2 unspecified atom stereocenters. The van der Waals surface area contributed by atoms with Crippen molar-refractivity contribution in [1.29, 1.82) is 0 Å². The van der Waals surface area contributed by atoms with Gasteiger partial charge in [-0.3, -0.25) is 4.79 Å². The first-order chi connectivity index (χ1) is 9.04. The molecule has 1 heterocycles. The van der Waals surface area contributed by atoms with Crippen LogP contribution in [0.4, 0.5) is 5.69 Å². The van der Waals surface area contributed by atoms with Crippen LogP contribution in [0, 0.1) is 0 Å². The lowest BCUT2D eigenvalue weighted by Crippen LogP contribution is -2.55. The highest BCUT2D eigenvalue weighted by Gasteiger charge is 2.29. The Labute approximate surface area is 122 Å². The third-order valence-corrected chi connectivity index (χ3v) is 4.16. The molecule has 2 rings (SSSR count). The second kappa shape index (κ2) is 5.92. The van der Waals surface area contributed by atoms with Crippen molar-refractivity contribution < 1.29 is 4.79 Å². The van der Waals surface area contributed by atoms with E-state index in [4.69, 9.17) is 5.73 Å². The first-order valence-corrected chi connectivity index (χ1v) is 7.43. The third kappa shape index (κ3) is 2.92. The number of hydrogen-bond acceptors (Lipinski definition) is 3. The van der Waals surface area contributed by atoms with E-state index in [0.717, 1.165) is 28.7 Å². The van der Waals surface area contributed by atoms with E-state index in [9.17, 15) is 4.79 Å². The Balaban J connectivity index is 2.32. The van der Waals surface area contributed by atoms with Crippen molar-refractivity contribution in [3.63, 3.8) is 0 Å². The van der Waals surface area contributed by atoms with Gasteiger partial charge in [-0.05, 0) is 47.0 Å². The van der Waals surface area contributed by atoms with Gasteiger partial charge in [0.2, 0.25) is 5.91 Å². The molecule has 1 aromatic rings. The Morgan fingerprint density at radius 2 is 2.32 bits per heavy atom. The zero-order chi connectivity index (χ0) is 14.0. The van der Waals surface area contributed by atoms with Crippen LogP contribution < -0.4 is 16.0 Å². The molecule has 0 saturated carbocycles. The maximum atomic E-state index is 11.9. The van der Waals surface area contributed by atoms with Crippen LogP contribution in [0.25, 0.3) is 0 Å². The molecule has 0 radical (unpaired) electrons. The minimum absolute atomic E-state index is 0.0111. The molecule has 1 aromatic carbocycles. The van der Waals surface area contributed by atoms with Gasteiger partial charge >= 0.3 is 0 Å². The first-order valence-electron chi connectivity index (χ1n) is 6.64. The largest absolute Gasteiger partial charge is 0.357 e. The molecule has 1 saturated heterocycles. The Morgan fingerprint density at radius 1 is 1.58 bits per heavy atom. The molecule has 4 nitrogen and oxygen atoms in total. The van der Waals surface area contributed by atoms with Crippen molar-refractivity contribution in [1.82, 2.24) is 5.32 Å². The van der Waals surface area contributed by atoms with Crippen LogP contribution in [0.15, 0.2) is 22.7 Å². The highest BCUT2D eigenvalue weighted by molar-refractivity contribution is 9.10. The average Bonchev–Trinajstić information content (AvgIpc) is 2.38. The topological polar surface area (TPSA) is 58.4 Å². The van der Waals surface area contributed by atoms with Crippen LogP contribution in [-0.4, -0.2) is 25.0 Å². The molecule has 1 fully saturated rings. The number of rotatable bonds is 3. The number of nitrogens with zero attached hydrogens (tertiary/aromatic N) is 1. The van der Waals surface area contributed by atoms with E-state index in [0.29, 0.717) is 6.54 Å². The second-order valence-electron chi connectivity index (χ2n) is 4.91. The Morgan fingerprint density at radius 3 is 2.89 bits per heavy atom. The molecule has 0 bridgehead atoms. The number of piperazine rings is 1. The van der Waals surface area contributed by atoms with Crippen molar-refractivity contribution in [3.8, 4) is 0 Å². The predicted molar refractivity (Wildman–Crippen MR) is 81.2 cm³/mol. The van der Waals surface area contributed by atoms with E-state index in [1.165, 1.54) is 0 Å². The molecule has 2 atom stereocenters. The molecular formula is C14H20BrN3O. The number of anilines is 1. The van der Waals surface area contributed by atoms with E-state index < -0.39 is 0 Å². The highest BCUT2D eigenvalue weighted by Crippen LogP contribution is 2.31. The summed E-state index contributed by atoms with van der Waals surface area (Å²) in [5, 5.41) is 2.92. The van der Waals surface area contributed by atoms with Gasteiger partial charge in [-0.2, -0.15) is 0 Å². The second-order valence-corrected chi connectivity index (χ2v) is 5.76. The van der Waals surface area contributed by atoms with Gasteiger partial charge in [0.05, 0.1) is 5.69 Å². The molecule has 0 spiro atoms. The third-order valence-electron chi connectivity index (χ3n) is 3.52. The van der Waals surface area contributed by atoms with E-state index in [-0.39, 0.29) is 18.0 Å². The lowest BCUT2D eigenvalue weighted by atomic mass is 10.1. The SMILES string of the molecule is CCC1C(=O)NCCN1c1ccc(C(C)N)cc1Br. The van der Waals surface area contributed by atoms with Crippen LogP contribution in [-0.2, 0) is 4.79 Å². The summed E-state index contributed by atoms with van der Waals surface area (Å²) >= 11 is 3.60. The van der Waals surface area contributed by atoms with Crippen molar-refractivity contribution >= 4 is 27.5 Å². The number of nitrogens with two attached hydrogens (primary N) is 1. The number of benzene rings is 1. The molecule has 1 aliphatic heterocycles. The summed E-state index contributed by atoms with van der Waals surface area (Å²) in [6, 6.07) is 6.04. The highest BCUT2D eigenvalue weighted by atomic mass is 79.9. The van der Waals surface area contributed by atoms with Crippen LogP contribution >= 0.6 is 15.9 Å². The standard InChI is InChI=1S/C14H20BrN3O/c1-3-12-14(19)17-6-7-18(12)13-5-4-10(9(2)16)8-11(13)15/h4-5,8-9,12H,3,6-7,16H2,1-2H3,(H,17,19). The van der Waals surface area contributed by atoms with Gasteiger partial charge in [0.1, 0.15) is 6.04 Å².